The van der Waals surface area contributed by atoms with Crippen molar-refractivity contribution in [2.45, 2.75) is 78.7 Å². The van der Waals surface area contributed by atoms with Gasteiger partial charge in [-0.05, 0) is 26.2 Å². The average molecular weight is 252 g/mol. The van der Waals surface area contributed by atoms with Crippen LogP contribution in [-0.4, -0.2) is 14.9 Å². The van der Waals surface area contributed by atoms with Crippen LogP contribution in [0.5, 0.6) is 5.88 Å². The molecule has 1 aromatic rings. The summed E-state index contributed by atoms with van der Waals surface area (Å²) in [7, 11) is 0. The highest BCUT2D eigenvalue weighted by atomic mass is 16.3. The van der Waals surface area contributed by atoms with Gasteiger partial charge in [0.15, 0.2) is 0 Å². The lowest BCUT2D eigenvalue weighted by molar-refractivity contribution is 0.289. The second-order valence-electron chi connectivity index (χ2n) is 8.13. The first-order valence-electron chi connectivity index (χ1n) is 6.59. The van der Waals surface area contributed by atoms with E-state index in [1.165, 1.54) is 0 Å². The van der Waals surface area contributed by atoms with Crippen molar-refractivity contribution in [3.63, 3.8) is 0 Å². The molecule has 0 radical (unpaired) electrons. The minimum absolute atomic E-state index is 0.0728. The topological polar surface area (TPSA) is 38.0 Å². The molecule has 0 saturated carbocycles. The summed E-state index contributed by atoms with van der Waals surface area (Å²) in [5.74, 6) is 0.305. The van der Waals surface area contributed by atoms with Crippen molar-refractivity contribution in [2.24, 2.45) is 0 Å². The number of aromatic nitrogens is 2. The van der Waals surface area contributed by atoms with Crippen molar-refractivity contribution < 1.29 is 5.11 Å². The first-order valence-corrected chi connectivity index (χ1v) is 6.59. The molecule has 1 rings (SSSR count). The van der Waals surface area contributed by atoms with Crippen molar-refractivity contribution in [1.29, 1.82) is 0 Å². The predicted octanol–water partition coefficient (Wildman–Crippen LogP) is 3.94. The summed E-state index contributed by atoms with van der Waals surface area (Å²) in [6.07, 6.45) is 0. The molecule has 0 aromatic carbocycles. The summed E-state index contributed by atoms with van der Waals surface area (Å²) in [4.78, 5) is 0. The van der Waals surface area contributed by atoms with Crippen LogP contribution in [-0.2, 0) is 16.4 Å². The summed E-state index contributed by atoms with van der Waals surface area (Å²) >= 11 is 0. The van der Waals surface area contributed by atoms with Crippen LogP contribution in [0, 0.1) is 0 Å². The molecule has 0 amide bonds. The number of aromatic hydroxyl groups is 1. The fraction of sp³-hybridized carbons (Fsp3) is 0.800. The Labute approximate surface area is 111 Å². The smallest absolute Gasteiger partial charge is 0.213 e. The number of nitrogens with zero attached hydrogens (tertiary/aromatic N) is 2. The van der Waals surface area contributed by atoms with Crippen LogP contribution in [0.15, 0.2) is 0 Å². The SMILES string of the molecule is CC(C)(C)c1nn(C(C)(C)C)c(O)c1C(C)(C)C. The van der Waals surface area contributed by atoms with Crippen molar-refractivity contribution in [3.05, 3.63) is 11.3 Å². The molecule has 18 heavy (non-hydrogen) atoms. The van der Waals surface area contributed by atoms with Crippen LogP contribution in [0.4, 0.5) is 0 Å². The monoisotopic (exact) mass is 252 g/mol. The van der Waals surface area contributed by atoms with Crippen molar-refractivity contribution in [2.75, 3.05) is 0 Å². The van der Waals surface area contributed by atoms with E-state index in [0.29, 0.717) is 5.88 Å². The van der Waals surface area contributed by atoms with E-state index in [1.54, 1.807) is 4.68 Å². The Bertz CT molecular complexity index is 437. The third-order valence-corrected chi connectivity index (χ3v) is 2.96. The molecule has 0 atom stereocenters. The van der Waals surface area contributed by atoms with Gasteiger partial charge in [0.25, 0.3) is 0 Å². The van der Waals surface area contributed by atoms with E-state index in [2.05, 4.69) is 67.4 Å². The summed E-state index contributed by atoms with van der Waals surface area (Å²) in [6, 6.07) is 0. The van der Waals surface area contributed by atoms with Gasteiger partial charge < -0.3 is 5.11 Å². The Morgan fingerprint density at radius 2 is 1.28 bits per heavy atom. The normalized spacial score (nSPS) is 14.1. The molecule has 0 aliphatic rings. The summed E-state index contributed by atoms with van der Waals surface area (Å²) in [5, 5.41) is 15.2. The lowest BCUT2D eigenvalue weighted by Crippen LogP contribution is -2.24. The van der Waals surface area contributed by atoms with Gasteiger partial charge in [-0.15, -0.1) is 0 Å². The Morgan fingerprint density at radius 1 is 0.833 bits per heavy atom. The van der Waals surface area contributed by atoms with Crippen LogP contribution in [0.25, 0.3) is 0 Å². The Balaban J connectivity index is 3.63. The number of hydrogen-bond acceptors (Lipinski definition) is 2. The molecule has 0 saturated heterocycles. The maximum Gasteiger partial charge on any atom is 0.213 e. The van der Waals surface area contributed by atoms with Crippen molar-refractivity contribution >= 4 is 0 Å². The zero-order valence-electron chi connectivity index (χ0n) is 13.3. The van der Waals surface area contributed by atoms with Crippen molar-refractivity contribution in [1.82, 2.24) is 9.78 Å². The van der Waals surface area contributed by atoms with Crippen LogP contribution < -0.4 is 0 Å². The number of rotatable bonds is 0. The van der Waals surface area contributed by atoms with Gasteiger partial charge in [-0.1, -0.05) is 41.5 Å². The van der Waals surface area contributed by atoms with Gasteiger partial charge in [0, 0.05) is 11.0 Å². The molecular formula is C15H28N2O. The molecule has 3 nitrogen and oxygen atoms in total. The Hall–Kier alpha value is -0.990. The van der Waals surface area contributed by atoms with E-state index in [-0.39, 0.29) is 16.4 Å². The largest absolute Gasteiger partial charge is 0.493 e. The molecule has 3 heteroatoms. The summed E-state index contributed by atoms with van der Waals surface area (Å²) in [6.45, 7) is 18.9. The molecule has 1 N–H and O–H groups in total. The van der Waals surface area contributed by atoms with Gasteiger partial charge in [0.2, 0.25) is 5.88 Å². The van der Waals surface area contributed by atoms with E-state index in [4.69, 9.17) is 0 Å². The fourth-order valence-corrected chi connectivity index (χ4v) is 2.09. The molecule has 1 aromatic heterocycles. The zero-order valence-corrected chi connectivity index (χ0v) is 13.3. The first kappa shape index (κ1) is 15.1. The highest BCUT2D eigenvalue weighted by Gasteiger charge is 2.35. The average Bonchev–Trinajstić information content (AvgIpc) is 2.39. The van der Waals surface area contributed by atoms with Crippen LogP contribution in [0.3, 0.4) is 0 Å². The van der Waals surface area contributed by atoms with E-state index in [9.17, 15) is 5.11 Å². The standard InChI is InChI=1S/C15H28N2O/c1-13(2,3)10-11(14(4,5)6)16-17(12(10)18)15(7,8)9/h18H,1-9H3. The third kappa shape index (κ3) is 2.70. The van der Waals surface area contributed by atoms with E-state index < -0.39 is 0 Å². The molecule has 104 valence electrons. The number of hydrogen-bond donors (Lipinski definition) is 1. The molecule has 1 heterocycles. The van der Waals surface area contributed by atoms with Gasteiger partial charge in [-0.25, -0.2) is 4.68 Å². The molecule has 0 fully saturated rings. The third-order valence-electron chi connectivity index (χ3n) is 2.96. The fourth-order valence-electron chi connectivity index (χ4n) is 2.09. The maximum absolute atomic E-state index is 10.5. The molecule has 0 aliphatic carbocycles. The highest BCUT2D eigenvalue weighted by Crippen LogP contribution is 2.40. The van der Waals surface area contributed by atoms with E-state index in [1.807, 2.05) is 0 Å². The van der Waals surface area contributed by atoms with Gasteiger partial charge in [0.1, 0.15) is 0 Å². The second-order valence-corrected chi connectivity index (χ2v) is 8.13. The second kappa shape index (κ2) is 4.01. The highest BCUT2D eigenvalue weighted by molar-refractivity contribution is 5.40. The van der Waals surface area contributed by atoms with Crippen molar-refractivity contribution in [3.8, 4) is 5.88 Å². The maximum atomic E-state index is 10.5. The Kier molecular flexibility index (Phi) is 3.35. The summed E-state index contributed by atoms with van der Waals surface area (Å²) in [5.41, 5.74) is 1.55. The minimum Gasteiger partial charge on any atom is -0.493 e. The quantitative estimate of drug-likeness (QED) is 0.759. The van der Waals surface area contributed by atoms with E-state index in [0.717, 1.165) is 11.3 Å². The molecule has 0 aliphatic heterocycles. The van der Waals surface area contributed by atoms with Gasteiger partial charge in [-0.3, -0.25) is 0 Å². The molecule has 0 bridgehead atoms. The molecule has 0 unspecified atom stereocenters. The van der Waals surface area contributed by atoms with Gasteiger partial charge in [0.05, 0.1) is 11.2 Å². The summed E-state index contributed by atoms with van der Waals surface area (Å²) < 4.78 is 1.74. The first-order chi connectivity index (χ1) is 7.76. The lowest BCUT2D eigenvalue weighted by atomic mass is 9.79. The van der Waals surface area contributed by atoms with Crippen LogP contribution >= 0.6 is 0 Å². The lowest BCUT2D eigenvalue weighted by Gasteiger charge is -2.24. The van der Waals surface area contributed by atoms with Gasteiger partial charge in [-0.2, -0.15) is 5.10 Å². The van der Waals surface area contributed by atoms with Crippen LogP contribution in [0.2, 0.25) is 0 Å². The van der Waals surface area contributed by atoms with Crippen LogP contribution in [0.1, 0.15) is 73.6 Å². The molecule has 0 spiro atoms. The molecular weight excluding hydrogens is 224 g/mol. The zero-order chi connectivity index (χ0) is 14.5. The minimum atomic E-state index is -0.215. The Morgan fingerprint density at radius 3 is 1.50 bits per heavy atom. The van der Waals surface area contributed by atoms with E-state index >= 15 is 0 Å². The predicted molar refractivity (Wildman–Crippen MR) is 76.3 cm³/mol. The van der Waals surface area contributed by atoms with Gasteiger partial charge >= 0.3 is 0 Å².